The van der Waals surface area contributed by atoms with Gasteiger partial charge in [0.25, 0.3) is 0 Å². The summed E-state index contributed by atoms with van der Waals surface area (Å²) in [5.41, 5.74) is 0.347. The van der Waals surface area contributed by atoms with Crippen LogP contribution in [0.15, 0.2) is 9.42 Å². The second kappa shape index (κ2) is 5.39. The fourth-order valence-electron chi connectivity index (χ4n) is 1.29. The number of hydrogen-bond acceptors (Lipinski definition) is 6. The lowest BCUT2D eigenvalue weighted by molar-refractivity contribution is 0.136. The third kappa shape index (κ3) is 3.01. The van der Waals surface area contributed by atoms with E-state index in [0.29, 0.717) is 18.7 Å². The van der Waals surface area contributed by atoms with Gasteiger partial charge in [-0.05, 0) is 20.3 Å². The Labute approximate surface area is 93.9 Å². The van der Waals surface area contributed by atoms with E-state index in [9.17, 15) is 8.42 Å². The van der Waals surface area contributed by atoms with Crippen molar-refractivity contribution < 1.29 is 17.8 Å². The summed E-state index contributed by atoms with van der Waals surface area (Å²) in [5.74, 6) is 5.10. The molecule has 7 nitrogen and oxygen atoms in total. The third-order valence-corrected chi connectivity index (χ3v) is 3.67. The van der Waals surface area contributed by atoms with Crippen molar-refractivity contribution >= 4 is 10.0 Å². The lowest BCUT2D eigenvalue weighted by atomic mass is 10.4. The molecule has 0 aliphatic carbocycles. The maximum atomic E-state index is 11.8. The first-order valence-corrected chi connectivity index (χ1v) is 6.21. The van der Waals surface area contributed by atoms with Crippen LogP contribution in [0.5, 0.6) is 0 Å². The summed E-state index contributed by atoms with van der Waals surface area (Å²) in [5, 5.41) is 3.59. The van der Waals surface area contributed by atoms with Crippen molar-refractivity contribution in [3.63, 3.8) is 0 Å². The summed E-state index contributed by atoms with van der Waals surface area (Å²) in [6.07, 6.45) is 0.499. The SMILES string of the molecule is Cc1noc(C)c1S(=O)(=O)NCCCON. The molecule has 1 heterocycles. The van der Waals surface area contributed by atoms with Gasteiger partial charge >= 0.3 is 0 Å². The normalized spacial score (nSPS) is 11.9. The Morgan fingerprint density at radius 1 is 1.50 bits per heavy atom. The summed E-state index contributed by atoms with van der Waals surface area (Å²) in [6, 6.07) is 0. The van der Waals surface area contributed by atoms with Crippen LogP contribution in [0.25, 0.3) is 0 Å². The molecule has 16 heavy (non-hydrogen) atoms. The minimum Gasteiger partial charge on any atom is -0.360 e. The van der Waals surface area contributed by atoms with E-state index in [1.54, 1.807) is 13.8 Å². The van der Waals surface area contributed by atoms with Crippen molar-refractivity contribution in [1.29, 1.82) is 0 Å². The van der Waals surface area contributed by atoms with Crippen LogP contribution in [0.4, 0.5) is 0 Å². The molecule has 0 amide bonds. The maximum Gasteiger partial charge on any atom is 0.245 e. The minimum absolute atomic E-state index is 0.0983. The van der Waals surface area contributed by atoms with Crippen LogP contribution in [0, 0.1) is 13.8 Å². The van der Waals surface area contributed by atoms with Crippen molar-refractivity contribution in [1.82, 2.24) is 9.88 Å². The second-order valence-electron chi connectivity index (χ2n) is 3.28. The van der Waals surface area contributed by atoms with Gasteiger partial charge in [0.1, 0.15) is 10.6 Å². The minimum atomic E-state index is -3.56. The summed E-state index contributed by atoms with van der Waals surface area (Å²) in [6.45, 7) is 3.68. The second-order valence-corrected chi connectivity index (χ2v) is 4.98. The number of rotatable bonds is 6. The first kappa shape index (κ1) is 13.1. The van der Waals surface area contributed by atoms with Crippen molar-refractivity contribution in [3.05, 3.63) is 11.5 Å². The topological polar surface area (TPSA) is 107 Å². The van der Waals surface area contributed by atoms with E-state index >= 15 is 0 Å². The van der Waals surface area contributed by atoms with Gasteiger partial charge in [0, 0.05) is 6.54 Å². The monoisotopic (exact) mass is 249 g/mol. The van der Waals surface area contributed by atoms with Gasteiger partial charge in [-0.3, -0.25) is 0 Å². The van der Waals surface area contributed by atoms with E-state index in [0.717, 1.165) is 0 Å². The number of aryl methyl sites for hydroxylation is 2. The molecular formula is C8H15N3O4S. The molecule has 8 heteroatoms. The number of nitrogens with two attached hydrogens (primary N) is 1. The Morgan fingerprint density at radius 2 is 2.19 bits per heavy atom. The predicted molar refractivity (Wildman–Crippen MR) is 55.9 cm³/mol. The Morgan fingerprint density at radius 3 is 2.69 bits per heavy atom. The van der Waals surface area contributed by atoms with Crippen LogP contribution in [0.3, 0.4) is 0 Å². The molecule has 0 spiro atoms. The smallest absolute Gasteiger partial charge is 0.245 e. The fourth-order valence-corrected chi connectivity index (χ4v) is 2.69. The zero-order valence-electron chi connectivity index (χ0n) is 9.19. The average Bonchev–Trinajstić information content (AvgIpc) is 2.54. The van der Waals surface area contributed by atoms with E-state index in [4.69, 9.17) is 10.4 Å². The van der Waals surface area contributed by atoms with E-state index in [2.05, 4.69) is 14.7 Å². The van der Waals surface area contributed by atoms with Gasteiger partial charge in [0.05, 0.1) is 6.61 Å². The summed E-state index contributed by atoms with van der Waals surface area (Å²) < 4.78 is 30.8. The number of hydrogen-bond donors (Lipinski definition) is 2. The molecule has 0 radical (unpaired) electrons. The molecule has 0 atom stereocenters. The highest BCUT2D eigenvalue weighted by molar-refractivity contribution is 7.89. The third-order valence-electron chi connectivity index (χ3n) is 1.97. The standard InChI is InChI=1S/C8H15N3O4S/c1-6-8(7(2)15-11-6)16(12,13)10-4-3-5-14-9/h10H,3-5,9H2,1-2H3. The Balaban J connectivity index is 2.71. The van der Waals surface area contributed by atoms with Gasteiger partial charge in [-0.1, -0.05) is 5.16 Å². The Bertz CT molecular complexity index is 421. The molecule has 0 saturated carbocycles. The van der Waals surface area contributed by atoms with E-state index < -0.39 is 10.0 Å². The van der Waals surface area contributed by atoms with Crippen LogP contribution in [-0.4, -0.2) is 26.7 Å². The Kier molecular flexibility index (Phi) is 4.42. The molecule has 0 bridgehead atoms. The van der Waals surface area contributed by atoms with Crippen molar-refractivity contribution in [3.8, 4) is 0 Å². The fraction of sp³-hybridized carbons (Fsp3) is 0.625. The van der Waals surface area contributed by atoms with E-state index in [-0.39, 0.29) is 17.2 Å². The predicted octanol–water partition coefficient (Wildman–Crippen LogP) is -0.150. The molecule has 1 rings (SSSR count). The van der Waals surface area contributed by atoms with Crippen molar-refractivity contribution in [2.45, 2.75) is 25.2 Å². The van der Waals surface area contributed by atoms with Gasteiger partial charge in [0.15, 0.2) is 5.76 Å². The molecular weight excluding hydrogens is 234 g/mol. The molecule has 0 fully saturated rings. The van der Waals surface area contributed by atoms with E-state index in [1.165, 1.54) is 0 Å². The van der Waals surface area contributed by atoms with Crippen LogP contribution in [0.1, 0.15) is 17.9 Å². The van der Waals surface area contributed by atoms with Crippen molar-refractivity contribution in [2.75, 3.05) is 13.2 Å². The van der Waals surface area contributed by atoms with Gasteiger partial charge in [-0.2, -0.15) is 0 Å². The lowest BCUT2D eigenvalue weighted by Gasteiger charge is -2.05. The highest BCUT2D eigenvalue weighted by Crippen LogP contribution is 2.18. The molecule has 0 unspecified atom stereocenters. The quantitative estimate of drug-likeness (QED) is 0.536. The van der Waals surface area contributed by atoms with Crippen LogP contribution in [-0.2, 0) is 14.9 Å². The summed E-state index contributed by atoms with van der Waals surface area (Å²) >= 11 is 0. The van der Waals surface area contributed by atoms with Crippen molar-refractivity contribution in [2.24, 2.45) is 5.90 Å². The number of sulfonamides is 1. The van der Waals surface area contributed by atoms with E-state index in [1.807, 2.05) is 0 Å². The molecule has 3 N–H and O–H groups in total. The average molecular weight is 249 g/mol. The molecule has 92 valence electrons. The lowest BCUT2D eigenvalue weighted by Crippen LogP contribution is -2.26. The van der Waals surface area contributed by atoms with Crippen LogP contribution >= 0.6 is 0 Å². The molecule has 0 aromatic carbocycles. The first-order valence-electron chi connectivity index (χ1n) is 4.73. The van der Waals surface area contributed by atoms with Gasteiger partial charge in [0.2, 0.25) is 10.0 Å². The molecule has 0 aliphatic heterocycles. The van der Waals surface area contributed by atoms with Gasteiger partial charge < -0.3 is 9.36 Å². The van der Waals surface area contributed by atoms with Crippen LogP contribution < -0.4 is 10.6 Å². The van der Waals surface area contributed by atoms with Gasteiger partial charge in [-0.25, -0.2) is 19.0 Å². The Hall–Kier alpha value is -0.960. The number of nitrogens with zero attached hydrogens (tertiary/aromatic N) is 1. The number of nitrogens with one attached hydrogen (secondary N) is 1. The maximum absolute atomic E-state index is 11.8. The largest absolute Gasteiger partial charge is 0.360 e. The van der Waals surface area contributed by atoms with Gasteiger partial charge in [-0.15, -0.1) is 0 Å². The highest BCUT2D eigenvalue weighted by atomic mass is 32.2. The zero-order valence-corrected chi connectivity index (χ0v) is 10.0. The number of aromatic nitrogens is 1. The molecule has 0 saturated heterocycles. The summed E-state index contributed by atoms with van der Waals surface area (Å²) in [4.78, 5) is 4.43. The molecule has 1 aromatic rings. The first-order chi connectivity index (χ1) is 7.49. The molecule has 0 aliphatic rings. The highest BCUT2D eigenvalue weighted by Gasteiger charge is 2.23. The molecule has 1 aromatic heterocycles. The summed E-state index contributed by atoms with van der Waals surface area (Å²) in [7, 11) is -3.56. The van der Waals surface area contributed by atoms with Crippen LogP contribution in [0.2, 0.25) is 0 Å². The zero-order chi connectivity index (χ0) is 12.2.